The van der Waals surface area contributed by atoms with Gasteiger partial charge >= 0.3 is 0 Å². The lowest BCUT2D eigenvalue weighted by Gasteiger charge is -2.37. The van der Waals surface area contributed by atoms with Crippen LogP contribution >= 0.6 is 23.2 Å². The van der Waals surface area contributed by atoms with Crippen LogP contribution in [0.4, 0.5) is 5.82 Å². The van der Waals surface area contributed by atoms with Gasteiger partial charge in [-0.15, -0.1) is 0 Å². The van der Waals surface area contributed by atoms with Crippen molar-refractivity contribution in [3.8, 4) is 0 Å². The highest BCUT2D eigenvalue weighted by molar-refractivity contribution is 6.33. The van der Waals surface area contributed by atoms with Crippen molar-refractivity contribution in [1.82, 2.24) is 9.97 Å². The Morgan fingerprint density at radius 3 is 2.50 bits per heavy atom. The summed E-state index contributed by atoms with van der Waals surface area (Å²) in [6, 6.07) is 0. The molecule has 0 atom stereocenters. The molecule has 0 aromatic carbocycles. The molecule has 0 saturated carbocycles. The van der Waals surface area contributed by atoms with E-state index >= 15 is 0 Å². The Morgan fingerprint density at radius 1 is 1.25 bits per heavy atom. The first-order valence-electron chi connectivity index (χ1n) is 5.41. The molecule has 1 saturated heterocycles. The summed E-state index contributed by atoms with van der Waals surface area (Å²) >= 11 is 11.9. The predicted octanol–water partition coefficient (Wildman–Crippen LogP) is 3.41. The van der Waals surface area contributed by atoms with Gasteiger partial charge in [-0.3, -0.25) is 0 Å². The number of hydrogen-bond donors (Lipinski definition) is 0. The quantitative estimate of drug-likeness (QED) is 0.724. The first kappa shape index (κ1) is 11.9. The Labute approximate surface area is 106 Å². The molecular weight excluding hydrogens is 245 g/mol. The molecule has 1 aromatic heterocycles. The summed E-state index contributed by atoms with van der Waals surface area (Å²) in [4.78, 5) is 10.2. The maximum Gasteiger partial charge on any atom is 0.224 e. The third-order valence-electron chi connectivity index (χ3n) is 3.11. The van der Waals surface area contributed by atoms with Crippen molar-refractivity contribution in [3.63, 3.8) is 0 Å². The van der Waals surface area contributed by atoms with Crippen LogP contribution in [0.15, 0.2) is 6.20 Å². The van der Waals surface area contributed by atoms with Crippen molar-refractivity contribution in [2.75, 3.05) is 18.0 Å². The highest BCUT2D eigenvalue weighted by Gasteiger charge is 2.27. The Morgan fingerprint density at radius 2 is 1.88 bits per heavy atom. The van der Waals surface area contributed by atoms with Crippen LogP contribution in [-0.4, -0.2) is 23.1 Å². The van der Waals surface area contributed by atoms with Crippen LogP contribution in [0.5, 0.6) is 0 Å². The summed E-state index contributed by atoms with van der Waals surface area (Å²) < 4.78 is 0. The van der Waals surface area contributed by atoms with Gasteiger partial charge in [0.05, 0.1) is 6.20 Å². The van der Waals surface area contributed by atoms with Crippen LogP contribution < -0.4 is 4.90 Å². The average molecular weight is 260 g/mol. The van der Waals surface area contributed by atoms with Gasteiger partial charge in [-0.25, -0.2) is 4.98 Å². The van der Waals surface area contributed by atoms with Crippen molar-refractivity contribution < 1.29 is 0 Å². The highest BCUT2D eigenvalue weighted by atomic mass is 35.5. The van der Waals surface area contributed by atoms with Gasteiger partial charge in [0.15, 0.2) is 5.82 Å². The second-order valence-corrected chi connectivity index (χ2v) is 5.71. The molecule has 0 N–H and O–H groups in total. The molecule has 2 rings (SSSR count). The highest BCUT2D eigenvalue weighted by Crippen LogP contribution is 2.33. The zero-order chi connectivity index (χ0) is 11.8. The number of aromatic nitrogens is 2. The van der Waals surface area contributed by atoms with Crippen LogP contribution in [0.3, 0.4) is 0 Å². The molecule has 1 aromatic rings. The van der Waals surface area contributed by atoms with Crippen molar-refractivity contribution in [1.29, 1.82) is 0 Å². The van der Waals surface area contributed by atoms with E-state index in [-0.39, 0.29) is 5.28 Å². The summed E-state index contributed by atoms with van der Waals surface area (Å²) in [6.07, 6.45) is 3.85. The topological polar surface area (TPSA) is 29.0 Å². The van der Waals surface area contributed by atoms with E-state index in [9.17, 15) is 0 Å². The summed E-state index contributed by atoms with van der Waals surface area (Å²) in [5.74, 6) is 0.761. The summed E-state index contributed by atoms with van der Waals surface area (Å²) in [5, 5.41) is 0.827. The average Bonchev–Trinajstić information content (AvgIpc) is 2.22. The van der Waals surface area contributed by atoms with E-state index in [2.05, 4.69) is 28.7 Å². The van der Waals surface area contributed by atoms with Crippen LogP contribution in [0.2, 0.25) is 10.3 Å². The molecule has 0 amide bonds. The van der Waals surface area contributed by atoms with Gasteiger partial charge in [-0.1, -0.05) is 25.4 Å². The Hall–Kier alpha value is -0.540. The van der Waals surface area contributed by atoms with E-state index in [0.29, 0.717) is 10.4 Å². The van der Waals surface area contributed by atoms with Gasteiger partial charge in [0.1, 0.15) is 5.02 Å². The van der Waals surface area contributed by atoms with Gasteiger partial charge < -0.3 is 4.90 Å². The summed E-state index contributed by atoms with van der Waals surface area (Å²) in [7, 11) is 0. The predicted molar refractivity (Wildman–Crippen MR) is 67.3 cm³/mol. The molecule has 0 spiro atoms. The van der Waals surface area contributed by atoms with Crippen LogP contribution in [0.25, 0.3) is 0 Å². The van der Waals surface area contributed by atoms with Gasteiger partial charge in [0, 0.05) is 13.1 Å². The lowest BCUT2D eigenvalue weighted by molar-refractivity contribution is 0.279. The van der Waals surface area contributed by atoms with Gasteiger partial charge in [-0.2, -0.15) is 4.98 Å². The first-order chi connectivity index (χ1) is 7.48. The normalized spacial score (nSPS) is 19.9. The Balaban J connectivity index is 2.17. The van der Waals surface area contributed by atoms with Crippen molar-refractivity contribution in [2.45, 2.75) is 26.7 Å². The fraction of sp³-hybridized carbons (Fsp3) is 0.636. The molecule has 1 aliphatic rings. The van der Waals surface area contributed by atoms with Crippen molar-refractivity contribution in [2.24, 2.45) is 5.41 Å². The van der Waals surface area contributed by atoms with Crippen molar-refractivity contribution in [3.05, 3.63) is 16.5 Å². The third kappa shape index (κ3) is 2.58. The molecule has 88 valence electrons. The minimum absolute atomic E-state index is 0.254. The first-order valence-corrected chi connectivity index (χ1v) is 6.16. The second-order valence-electron chi connectivity index (χ2n) is 4.96. The van der Waals surface area contributed by atoms with E-state index in [1.807, 2.05) is 0 Å². The van der Waals surface area contributed by atoms with Gasteiger partial charge in [0.2, 0.25) is 5.28 Å². The van der Waals surface area contributed by atoms with E-state index in [1.165, 1.54) is 0 Å². The largest absolute Gasteiger partial charge is 0.355 e. The van der Waals surface area contributed by atoms with E-state index < -0.39 is 0 Å². The zero-order valence-corrected chi connectivity index (χ0v) is 11.0. The van der Waals surface area contributed by atoms with Gasteiger partial charge in [-0.05, 0) is 29.9 Å². The molecule has 0 unspecified atom stereocenters. The number of anilines is 1. The van der Waals surface area contributed by atoms with Crippen molar-refractivity contribution >= 4 is 29.0 Å². The standard InChI is InChI=1S/C11H15Cl2N3/c1-11(2)3-5-16(6-4-11)9-8(12)7-14-10(13)15-9/h7H,3-6H2,1-2H3. The summed E-state index contributed by atoms with van der Waals surface area (Å²) in [5.41, 5.74) is 0.416. The minimum Gasteiger partial charge on any atom is -0.355 e. The van der Waals surface area contributed by atoms with Crippen LogP contribution in [0.1, 0.15) is 26.7 Å². The molecule has 0 bridgehead atoms. The fourth-order valence-corrected chi connectivity index (χ4v) is 2.22. The lowest BCUT2D eigenvalue weighted by atomic mass is 9.83. The van der Waals surface area contributed by atoms with E-state index in [4.69, 9.17) is 23.2 Å². The fourth-order valence-electron chi connectivity index (χ4n) is 1.88. The smallest absolute Gasteiger partial charge is 0.224 e. The molecule has 2 heterocycles. The number of halogens is 2. The van der Waals surface area contributed by atoms with Crippen LogP contribution in [-0.2, 0) is 0 Å². The molecule has 3 nitrogen and oxygen atoms in total. The molecular formula is C11H15Cl2N3. The van der Waals surface area contributed by atoms with Crippen LogP contribution in [0, 0.1) is 5.41 Å². The third-order valence-corrected chi connectivity index (χ3v) is 3.56. The second kappa shape index (κ2) is 4.38. The SMILES string of the molecule is CC1(C)CCN(c2nc(Cl)ncc2Cl)CC1. The maximum atomic E-state index is 6.08. The number of nitrogens with zero attached hydrogens (tertiary/aromatic N) is 3. The minimum atomic E-state index is 0.254. The molecule has 0 aliphatic carbocycles. The number of hydrogen-bond acceptors (Lipinski definition) is 3. The molecule has 1 aliphatic heterocycles. The van der Waals surface area contributed by atoms with Gasteiger partial charge in [0.25, 0.3) is 0 Å². The van der Waals surface area contributed by atoms with E-state index in [1.54, 1.807) is 6.20 Å². The van der Waals surface area contributed by atoms with E-state index in [0.717, 1.165) is 31.7 Å². The number of piperidine rings is 1. The lowest BCUT2D eigenvalue weighted by Crippen LogP contribution is -2.37. The zero-order valence-electron chi connectivity index (χ0n) is 9.50. The monoisotopic (exact) mass is 259 g/mol. The Bertz CT molecular complexity index is 383. The Kier molecular flexibility index (Phi) is 3.27. The summed E-state index contributed by atoms with van der Waals surface area (Å²) in [6.45, 7) is 6.53. The maximum absolute atomic E-state index is 6.08. The number of rotatable bonds is 1. The molecule has 5 heteroatoms. The molecule has 1 fully saturated rings. The molecule has 16 heavy (non-hydrogen) atoms. The molecule has 0 radical (unpaired) electrons.